The lowest BCUT2D eigenvalue weighted by Crippen LogP contribution is -2.59. The van der Waals surface area contributed by atoms with Gasteiger partial charge in [-0.15, -0.1) is 0 Å². The van der Waals surface area contributed by atoms with Gasteiger partial charge in [-0.3, -0.25) is 4.79 Å². The Bertz CT molecular complexity index is 794. The van der Waals surface area contributed by atoms with Gasteiger partial charge >= 0.3 is 6.03 Å². The van der Waals surface area contributed by atoms with Gasteiger partial charge in [0.25, 0.3) is 0 Å². The zero-order valence-corrected chi connectivity index (χ0v) is 19.0. The summed E-state index contributed by atoms with van der Waals surface area (Å²) >= 11 is 0. The second kappa shape index (κ2) is 9.19. The Hall–Kier alpha value is -2.08. The molecule has 0 radical (unpaired) electrons. The van der Waals surface area contributed by atoms with E-state index in [1.807, 2.05) is 0 Å². The van der Waals surface area contributed by atoms with Crippen LogP contribution in [-0.2, 0) is 10.2 Å². The summed E-state index contributed by atoms with van der Waals surface area (Å²) in [6.07, 6.45) is 6.44. The van der Waals surface area contributed by atoms with Crippen molar-refractivity contribution in [3.63, 3.8) is 0 Å². The smallest absolute Gasteiger partial charge is 0.312 e. The predicted octanol–water partition coefficient (Wildman–Crippen LogP) is 3.32. The molecule has 1 aliphatic carbocycles. The lowest BCUT2D eigenvalue weighted by molar-refractivity contribution is -0.145. The fraction of sp³-hybridized carbons (Fsp3) is 0.680. The SMILES string of the molecule is CC(C)[C@H]1CC[C@@H](C2c3ccccc3C3(CCNCC3)C(=O)N2CCNC(N)=O)CC1. The second-order valence-corrected chi connectivity index (χ2v) is 10.1. The Kier molecular flexibility index (Phi) is 6.56. The number of amides is 3. The molecule has 6 nitrogen and oxygen atoms in total. The van der Waals surface area contributed by atoms with E-state index in [1.165, 1.54) is 24.0 Å². The first kappa shape index (κ1) is 22.1. The van der Waals surface area contributed by atoms with Crippen LogP contribution in [0.15, 0.2) is 24.3 Å². The predicted molar refractivity (Wildman–Crippen MR) is 123 cm³/mol. The molecule has 3 amide bonds. The van der Waals surface area contributed by atoms with Gasteiger partial charge in [-0.05, 0) is 80.5 Å². The Morgan fingerprint density at radius 2 is 1.87 bits per heavy atom. The molecule has 1 saturated heterocycles. The summed E-state index contributed by atoms with van der Waals surface area (Å²) in [5.74, 6) is 2.21. The molecule has 1 atom stereocenters. The van der Waals surface area contributed by atoms with Crippen molar-refractivity contribution in [3.8, 4) is 0 Å². The first-order valence-corrected chi connectivity index (χ1v) is 12.1. The molecule has 0 bridgehead atoms. The third-order valence-corrected chi connectivity index (χ3v) is 8.12. The number of nitrogens with zero attached hydrogens (tertiary/aromatic N) is 1. The lowest BCUT2D eigenvalue weighted by Gasteiger charge is -2.52. The molecule has 1 aromatic rings. The Morgan fingerprint density at radius 1 is 1.19 bits per heavy atom. The van der Waals surface area contributed by atoms with Crippen LogP contribution in [0.4, 0.5) is 4.79 Å². The van der Waals surface area contributed by atoms with E-state index in [0.29, 0.717) is 19.0 Å². The summed E-state index contributed by atoms with van der Waals surface area (Å²) < 4.78 is 0. The minimum Gasteiger partial charge on any atom is -0.352 e. The third kappa shape index (κ3) is 4.19. The van der Waals surface area contributed by atoms with Crippen LogP contribution >= 0.6 is 0 Å². The minimum absolute atomic E-state index is 0.0898. The Labute approximate surface area is 186 Å². The number of urea groups is 1. The first-order valence-electron chi connectivity index (χ1n) is 12.1. The normalized spacial score (nSPS) is 27.9. The van der Waals surface area contributed by atoms with Gasteiger partial charge < -0.3 is 21.3 Å². The number of primary amides is 1. The molecule has 2 heterocycles. The standard InChI is InChI=1S/C25H38N4O2/c1-17(2)18-7-9-19(10-8-18)22-20-5-3-4-6-21(20)25(11-13-27-14-12-25)23(30)29(22)16-15-28-24(26)31/h3-6,17-19,22,27H,7-16H2,1-2H3,(H3,26,28,31)/t18-,19+,22?. The highest BCUT2D eigenvalue weighted by Crippen LogP contribution is 2.51. The zero-order chi connectivity index (χ0) is 22.0. The largest absolute Gasteiger partial charge is 0.352 e. The molecule has 2 fully saturated rings. The van der Waals surface area contributed by atoms with Crippen molar-refractivity contribution in [2.45, 2.75) is 63.8 Å². The van der Waals surface area contributed by atoms with E-state index in [4.69, 9.17) is 5.73 Å². The molecular weight excluding hydrogens is 388 g/mol. The van der Waals surface area contributed by atoms with Crippen molar-refractivity contribution in [2.75, 3.05) is 26.2 Å². The number of nitrogens with two attached hydrogens (primary N) is 1. The van der Waals surface area contributed by atoms with E-state index < -0.39 is 11.4 Å². The first-order chi connectivity index (χ1) is 14.9. The molecular formula is C25H38N4O2. The van der Waals surface area contributed by atoms with Gasteiger partial charge in [0.05, 0.1) is 11.5 Å². The van der Waals surface area contributed by atoms with Crippen molar-refractivity contribution >= 4 is 11.9 Å². The fourth-order valence-electron chi connectivity index (χ4n) is 6.39. The molecule has 1 saturated carbocycles. The van der Waals surface area contributed by atoms with E-state index in [1.54, 1.807) is 0 Å². The van der Waals surface area contributed by atoms with Crippen LogP contribution in [0.1, 0.15) is 69.5 Å². The number of hydrogen-bond donors (Lipinski definition) is 3. The maximum Gasteiger partial charge on any atom is 0.312 e. The molecule has 3 aliphatic rings. The molecule has 1 spiro atoms. The van der Waals surface area contributed by atoms with E-state index in [9.17, 15) is 9.59 Å². The summed E-state index contributed by atoms with van der Waals surface area (Å²) in [6.45, 7) is 7.28. The van der Waals surface area contributed by atoms with Gasteiger partial charge in [0.2, 0.25) is 5.91 Å². The molecule has 6 heteroatoms. The summed E-state index contributed by atoms with van der Waals surface area (Å²) in [4.78, 5) is 27.5. The molecule has 31 heavy (non-hydrogen) atoms. The molecule has 1 aromatic carbocycles. The number of benzene rings is 1. The highest BCUT2D eigenvalue weighted by molar-refractivity contribution is 5.91. The number of piperidine rings is 1. The van der Waals surface area contributed by atoms with Crippen molar-refractivity contribution in [2.24, 2.45) is 23.5 Å². The quantitative estimate of drug-likeness (QED) is 0.675. The second-order valence-electron chi connectivity index (χ2n) is 10.1. The van der Waals surface area contributed by atoms with Crippen LogP contribution in [0.3, 0.4) is 0 Å². The van der Waals surface area contributed by atoms with Crippen molar-refractivity contribution in [3.05, 3.63) is 35.4 Å². The number of rotatable bonds is 5. The number of carbonyl (C=O) groups excluding carboxylic acids is 2. The van der Waals surface area contributed by atoms with Crippen LogP contribution in [0, 0.1) is 17.8 Å². The third-order valence-electron chi connectivity index (χ3n) is 8.12. The van der Waals surface area contributed by atoms with E-state index in [0.717, 1.165) is 50.6 Å². The van der Waals surface area contributed by atoms with E-state index >= 15 is 0 Å². The molecule has 2 aliphatic heterocycles. The van der Waals surface area contributed by atoms with Crippen LogP contribution in [0.2, 0.25) is 0 Å². The van der Waals surface area contributed by atoms with Crippen LogP contribution in [0.25, 0.3) is 0 Å². The summed E-state index contributed by atoms with van der Waals surface area (Å²) in [5.41, 5.74) is 7.45. The average Bonchev–Trinajstić information content (AvgIpc) is 2.78. The Balaban J connectivity index is 1.69. The maximum absolute atomic E-state index is 14.1. The fourth-order valence-corrected chi connectivity index (χ4v) is 6.39. The van der Waals surface area contributed by atoms with E-state index in [-0.39, 0.29) is 11.9 Å². The van der Waals surface area contributed by atoms with Crippen molar-refractivity contribution in [1.29, 1.82) is 0 Å². The monoisotopic (exact) mass is 426 g/mol. The highest BCUT2D eigenvalue weighted by atomic mass is 16.2. The van der Waals surface area contributed by atoms with Gasteiger partial charge in [0.1, 0.15) is 0 Å². The highest BCUT2D eigenvalue weighted by Gasteiger charge is 2.52. The topological polar surface area (TPSA) is 87.5 Å². The zero-order valence-electron chi connectivity index (χ0n) is 19.0. The van der Waals surface area contributed by atoms with Gasteiger partial charge in [-0.25, -0.2) is 4.79 Å². The van der Waals surface area contributed by atoms with E-state index in [2.05, 4.69) is 53.6 Å². The summed E-state index contributed by atoms with van der Waals surface area (Å²) in [5, 5.41) is 6.13. The Morgan fingerprint density at radius 3 is 2.52 bits per heavy atom. The minimum atomic E-state index is -0.532. The molecule has 0 aromatic heterocycles. The van der Waals surface area contributed by atoms with Gasteiger partial charge in [-0.1, -0.05) is 38.1 Å². The van der Waals surface area contributed by atoms with Crippen LogP contribution in [0.5, 0.6) is 0 Å². The molecule has 4 rings (SSSR count). The number of hydrogen-bond acceptors (Lipinski definition) is 3. The summed E-state index contributed by atoms with van der Waals surface area (Å²) in [7, 11) is 0. The van der Waals surface area contributed by atoms with Gasteiger partial charge in [-0.2, -0.15) is 0 Å². The van der Waals surface area contributed by atoms with Crippen molar-refractivity contribution in [1.82, 2.24) is 15.5 Å². The number of fused-ring (bicyclic) bond motifs is 2. The van der Waals surface area contributed by atoms with Gasteiger partial charge in [0, 0.05) is 13.1 Å². The van der Waals surface area contributed by atoms with Crippen molar-refractivity contribution < 1.29 is 9.59 Å². The molecule has 1 unspecified atom stereocenters. The molecule has 4 N–H and O–H groups in total. The average molecular weight is 427 g/mol. The summed E-state index contributed by atoms with van der Waals surface area (Å²) in [6, 6.07) is 8.22. The molecule has 170 valence electrons. The maximum atomic E-state index is 14.1. The number of nitrogens with one attached hydrogen (secondary N) is 2. The van der Waals surface area contributed by atoms with Gasteiger partial charge in [0.15, 0.2) is 0 Å². The van der Waals surface area contributed by atoms with Crippen LogP contribution in [-0.4, -0.2) is 43.0 Å². The lowest BCUT2D eigenvalue weighted by atomic mass is 9.64. The van der Waals surface area contributed by atoms with Crippen LogP contribution < -0.4 is 16.4 Å². The number of carbonyl (C=O) groups is 2.